The number of hydrogen-bond acceptors (Lipinski definition) is 3. The van der Waals surface area contributed by atoms with Crippen LogP contribution in [0.5, 0.6) is 0 Å². The topological polar surface area (TPSA) is 27.7 Å². The summed E-state index contributed by atoms with van der Waals surface area (Å²) in [6.45, 7) is 4.65. The summed E-state index contributed by atoms with van der Waals surface area (Å²) in [7, 11) is 3.50. The van der Waals surface area contributed by atoms with E-state index in [1.165, 1.54) is 37.7 Å². The Balaban J connectivity index is 2.72. The Morgan fingerprint density at radius 1 is 1.05 bits per heavy atom. The fraction of sp³-hybridized carbons (Fsp3) is 1.00. The van der Waals surface area contributed by atoms with Gasteiger partial charge in [-0.3, -0.25) is 0 Å². The molecule has 0 saturated carbocycles. The zero-order valence-electron chi connectivity index (χ0n) is 14.0. The van der Waals surface area contributed by atoms with Crippen molar-refractivity contribution in [2.45, 2.75) is 57.2 Å². The van der Waals surface area contributed by atoms with Crippen molar-refractivity contribution in [1.29, 1.82) is 0 Å². The summed E-state index contributed by atoms with van der Waals surface area (Å²) in [5, 5.41) is -0.128. The molecule has 0 spiro atoms. The van der Waals surface area contributed by atoms with Crippen LogP contribution in [0.25, 0.3) is 0 Å². The zero-order valence-corrected chi connectivity index (χ0v) is 15.9. The third kappa shape index (κ3) is 3.83. The number of ether oxygens (including phenoxy) is 1. The minimum atomic E-state index is -2.22. The average molecular weight is 320 g/mol. The molecule has 120 valence electrons. The van der Waals surface area contributed by atoms with Crippen LogP contribution < -0.4 is 0 Å². The molecule has 5 heteroatoms. The van der Waals surface area contributed by atoms with E-state index in [-0.39, 0.29) is 13.1 Å². The van der Waals surface area contributed by atoms with Gasteiger partial charge in [0, 0.05) is 21.3 Å². The van der Waals surface area contributed by atoms with Gasteiger partial charge in [-0.2, -0.15) is 0 Å². The molecule has 0 amide bonds. The Kier molecular flexibility index (Phi) is 8.22. The van der Waals surface area contributed by atoms with E-state index in [9.17, 15) is 0 Å². The third-order valence-electron chi connectivity index (χ3n) is 5.03. The SMILES string of the molecule is CCP(CC)CCCC1(OC)CCCC[Si]1(OC)OC. The lowest BCUT2D eigenvalue weighted by Gasteiger charge is -2.48. The summed E-state index contributed by atoms with van der Waals surface area (Å²) < 4.78 is 17.9. The van der Waals surface area contributed by atoms with E-state index in [1.54, 1.807) is 0 Å². The zero-order chi connectivity index (χ0) is 15.1. The van der Waals surface area contributed by atoms with Gasteiger partial charge in [-0.15, -0.1) is 7.92 Å². The molecule has 1 saturated heterocycles. The third-order valence-corrected chi connectivity index (χ3v) is 12.2. The molecular weight excluding hydrogens is 287 g/mol. The van der Waals surface area contributed by atoms with Gasteiger partial charge in [0.2, 0.25) is 0 Å². The lowest BCUT2D eigenvalue weighted by molar-refractivity contribution is -0.0147. The van der Waals surface area contributed by atoms with Crippen molar-refractivity contribution in [3.05, 3.63) is 0 Å². The van der Waals surface area contributed by atoms with Crippen molar-refractivity contribution in [2.75, 3.05) is 39.8 Å². The second-order valence-corrected chi connectivity index (χ2v) is 12.5. The van der Waals surface area contributed by atoms with Gasteiger partial charge in [-0.25, -0.2) is 0 Å². The molecule has 1 fully saturated rings. The summed E-state index contributed by atoms with van der Waals surface area (Å²) in [5.74, 6) is 0. The maximum Gasteiger partial charge on any atom is 0.370 e. The summed E-state index contributed by atoms with van der Waals surface area (Å²) in [6.07, 6.45) is 9.99. The van der Waals surface area contributed by atoms with Crippen LogP contribution in [0.4, 0.5) is 0 Å². The van der Waals surface area contributed by atoms with Crippen LogP contribution in [-0.2, 0) is 13.6 Å². The highest BCUT2D eigenvalue weighted by atomic mass is 31.1. The van der Waals surface area contributed by atoms with Crippen LogP contribution in [-0.4, -0.2) is 53.6 Å². The van der Waals surface area contributed by atoms with Gasteiger partial charge < -0.3 is 13.6 Å². The molecule has 3 nitrogen and oxygen atoms in total. The molecule has 0 N–H and O–H groups in total. The van der Waals surface area contributed by atoms with E-state index in [2.05, 4.69) is 13.8 Å². The molecule has 0 aromatic carbocycles. The van der Waals surface area contributed by atoms with Gasteiger partial charge >= 0.3 is 8.56 Å². The molecule has 1 atom stereocenters. The summed E-state index contributed by atoms with van der Waals surface area (Å²) >= 11 is 0. The van der Waals surface area contributed by atoms with Crippen molar-refractivity contribution < 1.29 is 13.6 Å². The predicted molar refractivity (Wildman–Crippen MR) is 90.3 cm³/mol. The first-order chi connectivity index (χ1) is 9.63. The van der Waals surface area contributed by atoms with Gasteiger partial charge in [0.15, 0.2) is 0 Å². The first kappa shape index (κ1) is 18.6. The molecule has 0 aliphatic carbocycles. The Labute approximate surface area is 127 Å². The summed E-state index contributed by atoms with van der Waals surface area (Å²) in [4.78, 5) is 0. The Morgan fingerprint density at radius 3 is 2.20 bits per heavy atom. The fourth-order valence-electron chi connectivity index (χ4n) is 3.65. The van der Waals surface area contributed by atoms with Crippen molar-refractivity contribution in [3.63, 3.8) is 0 Å². The monoisotopic (exact) mass is 320 g/mol. The van der Waals surface area contributed by atoms with Crippen LogP contribution >= 0.6 is 7.92 Å². The van der Waals surface area contributed by atoms with Crippen LogP contribution in [0, 0.1) is 0 Å². The van der Waals surface area contributed by atoms with E-state index in [1.807, 2.05) is 21.3 Å². The molecule has 0 aromatic heterocycles. The molecule has 0 bridgehead atoms. The molecule has 0 radical (unpaired) electrons. The van der Waals surface area contributed by atoms with E-state index >= 15 is 0 Å². The van der Waals surface area contributed by atoms with Crippen molar-refractivity contribution in [1.82, 2.24) is 0 Å². The number of rotatable bonds is 9. The Bertz CT molecular complexity index is 270. The molecule has 20 heavy (non-hydrogen) atoms. The first-order valence-electron chi connectivity index (χ1n) is 8.01. The van der Waals surface area contributed by atoms with E-state index < -0.39 is 8.56 Å². The minimum Gasteiger partial charge on any atom is -0.396 e. The molecule has 1 rings (SSSR count). The van der Waals surface area contributed by atoms with E-state index in [4.69, 9.17) is 13.6 Å². The summed E-state index contributed by atoms with van der Waals surface area (Å²) in [6, 6.07) is 1.07. The average Bonchev–Trinajstić information content (AvgIpc) is 2.52. The minimum absolute atomic E-state index is 0.128. The lowest BCUT2D eigenvalue weighted by atomic mass is 10.1. The normalized spacial score (nSPS) is 26.1. The van der Waals surface area contributed by atoms with Gasteiger partial charge in [0.25, 0.3) is 0 Å². The molecule has 1 aliphatic heterocycles. The largest absolute Gasteiger partial charge is 0.396 e. The first-order valence-corrected chi connectivity index (χ1v) is 11.9. The maximum atomic E-state index is 6.04. The smallest absolute Gasteiger partial charge is 0.370 e. The number of hydrogen-bond donors (Lipinski definition) is 0. The Morgan fingerprint density at radius 2 is 1.70 bits per heavy atom. The van der Waals surface area contributed by atoms with Crippen LogP contribution in [0.3, 0.4) is 0 Å². The molecule has 1 aliphatic rings. The fourth-order valence-corrected chi connectivity index (χ4v) is 9.25. The molecule has 0 aromatic rings. The van der Waals surface area contributed by atoms with Gasteiger partial charge in [-0.05, 0) is 43.8 Å². The molecule has 1 heterocycles. The number of methoxy groups -OCH3 is 1. The molecular formula is C15H33O3PSi. The maximum absolute atomic E-state index is 6.04. The van der Waals surface area contributed by atoms with Gasteiger partial charge in [0.05, 0.1) is 0 Å². The quantitative estimate of drug-likeness (QED) is 0.472. The standard InChI is InChI=1S/C15H33O3PSi/c1-6-19(7-2)13-10-12-15(16-3)11-8-9-14-20(15,17-4)18-5/h6-14H2,1-5H3. The Hall–Kier alpha value is 0.527. The van der Waals surface area contributed by atoms with Crippen molar-refractivity contribution in [3.8, 4) is 0 Å². The van der Waals surface area contributed by atoms with Gasteiger partial charge in [0.1, 0.15) is 5.22 Å². The summed E-state index contributed by atoms with van der Waals surface area (Å²) in [5.41, 5.74) is 0. The van der Waals surface area contributed by atoms with Gasteiger partial charge in [-0.1, -0.05) is 26.7 Å². The molecule has 1 unspecified atom stereocenters. The second-order valence-electron chi connectivity index (χ2n) is 5.70. The van der Waals surface area contributed by atoms with Crippen LogP contribution in [0.1, 0.15) is 46.0 Å². The van der Waals surface area contributed by atoms with Crippen molar-refractivity contribution >= 4 is 16.5 Å². The highest BCUT2D eigenvalue weighted by Gasteiger charge is 2.58. The highest BCUT2D eigenvalue weighted by Crippen LogP contribution is 2.44. The van der Waals surface area contributed by atoms with E-state index in [0.717, 1.165) is 18.9 Å². The van der Waals surface area contributed by atoms with E-state index in [0.29, 0.717) is 0 Å². The van der Waals surface area contributed by atoms with Crippen LogP contribution in [0.2, 0.25) is 6.04 Å². The lowest BCUT2D eigenvalue weighted by Crippen LogP contribution is -2.64. The highest BCUT2D eigenvalue weighted by molar-refractivity contribution is 7.57. The second kappa shape index (κ2) is 8.85. The van der Waals surface area contributed by atoms with Crippen molar-refractivity contribution in [2.24, 2.45) is 0 Å². The van der Waals surface area contributed by atoms with Crippen LogP contribution in [0.15, 0.2) is 0 Å². The predicted octanol–water partition coefficient (Wildman–Crippen LogP) is 4.13.